The Hall–Kier alpha value is -4.97. The van der Waals surface area contributed by atoms with Crippen molar-refractivity contribution in [3.8, 4) is 23.0 Å². The summed E-state index contributed by atoms with van der Waals surface area (Å²) in [5, 5.41) is 1.08. The van der Waals surface area contributed by atoms with Crippen LogP contribution in [0.25, 0.3) is 11.1 Å². The average Bonchev–Trinajstić information content (AvgIpc) is 3.16. The second kappa shape index (κ2) is 17.8. The van der Waals surface area contributed by atoms with Gasteiger partial charge < -0.3 is 0 Å². The fourth-order valence-electron chi connectivity index (χ4n) is 4.97. The van der Waals surface area contributed by atoms with E-state index in [9.17, 15) is 9.59 Å². The Bertz CT molecular complexity index is 1920. The first-order valence-electron chi connectivity index (χ1n) is 15.3. The first kappa shape index (κ1) is 37.3. The minimum atomic E-state index is -3.43. The molecule has 0 aliphatic rings. The molecule has 8 nitrogen and oxygen atoms in total. The monoisotopic (exact) mass is 838 g/mol. The van der Waals surface area contributed by atoms with Crippen molar-refractivity contribution in [2.45, 2.75) is 0 Å². The molecule has 0 amide bonds. The van der Waals surface area contributed by atoms with Gasteiger partial charge in [0.25, 0.3) is 0 Å². The number of methoxy groups -OCH3 is 4. The summed E-state index contributed by atoms with van der Waals surface area (Å²) >= 11 is 8.93. The molecule has 0 saturated heterocycles. The Morgan fingerprint density at radius 3 is 1.24 bits per heavy atom. The van der Waals surface area contributed by atoms with Crippen LogP contribution in [0, 0.1) is 3.57 Å². The van der Waals surface area contributed by atoms with Crippen LogP contribution < -0.4 is 18.9 Å². The van der Waals surface area contributed by atoms with E-state index in [2.05, 4.69) is 0 Å². The summed E-state index contributed by atoms with van der Waals surface area (Å²) in [5.41, 5.74) is 3.79. The molecule has 0 spiro atoms. The van der Waals surface area contributed by atoms with Crippen molar-refractivity contribution >= 4 is 66.9 Å². The van der Waals surface area contributed by atoms with E-state index < -0.39 is 32.6 Å². The zero-order valence-corrected chi connectivity index (χ0v) is 31.7. The van der Waals surface area contributed by atoms with Crippen LogP contribution in [0.2, 0.25) is 10.0 Å². The van der Waals surface area contributed by atoms with Gasteiger partial charge in [-0.25, -0.2) is 0 Å². The van der Waals surface area contributed by atoms with Gasteiger partial charge >= 0.3 is 316 Å². The Balaban J connectivity index is 1.51. The van der Waals surface area contributed by atoms with Crippen molar-refractivity contribution in [2.24, 2.45) is 0 Å². The topological polar surface area (TPSA) is 89.5 Å². The summed E-state index contributed by atoms with van der Waals surface area (Å²) in [4.78, 5) is 27.5. The average molecular weight is 840 g/mol. The summed E-state index contributed by atoms with van der Waals surface area (Å²) in [6.07, 6.45) is 2.73. The van der Waals surface area contributed by atoms with Crippen LogP contribution in [-0.4, -0.2) is 40.4 Å². The normalized spacial score (nSPS) is 11.7. The van der Waals surface area contributed by atoms with Gasteiger partial charge in [0.2, 0.25) is 0 Å². The first-order chi connectivity index (χ1) is 24.7. The van der Waals surface area contributed by atoms with E-state index >= 15 is 0 Å². The molecule has 0 heterocycles. The van der Waals surface area contributed by atoms with Gasteiger partial charge in [0.05, 0.1) is 0 Å². The van der Waals surface area contributed by atoms with Crippen LogP contribution in [0.1, 0.15) is 22.3 Å². The standard InChI is InChI=1S/C40H33Cl2IO8/c1-46-35-20-14-28(22-37(35)48-3)33(26-10-16-30(41)17-11-26)24-39(44)50-43(32-8-6-5-7-9-32)51-40(45)25-34(27-12-18-31(42)19-13-27)29-15-21-36(47-2)38(23-29)49-4/h5-25H,1-4H3/b33-24-,34-25-. The SMILES string of the molecule is COc1ccc(/C(=C\C(=O)OI(OC(=O)/C=C(/c2ccc(Cl)cc2)c2ccc(OC)c(OC)c2)c2ccccc2)c2ccc(Cl)cc2)cc1OC. The molecule has 0 radical (unpaired) electrons. The molecule has 0 aromatic heterocycles. The summed E-state index contributed by atoms with van der Waals surface area (Å²) in [6, 6.07) is 33.6. The van der Waals surface area contributed by atoms with Gasteiger partial charge in [-0.2, -0.15) is 0 Å². The maximum absolute atomic E-state index is 13.8. The number of hydrogen-bond acceptors (Lipinski definition) is 8. The molecule has 0 aliphatic heterocycles. The molecule has 0 unspecified atom stereocenters. The molecule has 11 heteroatoms. The van der Waals surface area contributed by atoms with E-state index in [0.29, 0.717) is 70.0 Å². The molecule has 0 N–H and O–H groups in total. The van der Waals surface area contributed by atoms with Crippen LogP contribution in [0.4, 0.5) is 0 Å². The molecule has 0 bridgehead atoms. The van der Waals surface area contributed by atoms with Gasteiger partial charge in [0.1, 0.15) is 0 Å². The molecule has 51 heavy (non-hydrogen) atoms. The number of rotatable bonds is 13. The van der Waals surface area contributed by atoms with Gasteiger partial charge in [-0.3, -0.25) is 0 Å². The second-order valence-electron chi connectivity index (χ2n) is 10.6. The molecule has 262 valence electrons. The molecule has 0 saturated carbocycles. The van der Waals surface area contributed by atoms with Crippen LogP contribution >= 0.6 is 43.9 Å². The number of carbonyl (C=O) groups excluding carboxylic acids is 2. The maximum atomic E-state index is 13.8. The third-order valence-corrected chi connectivity index (χ3v) is 11.3. The van der Waals surface area contributed by atoms with E-state index in [1.54, 1.807) is 123 Å². The Labute approximate surface area is 314 Å². The summed E-state index contributed by atoms with van der Waals surface area (Å²) in [5.74, 6) is 0.627. The summed E-state index contributed by atoms with van der Waals surface area (Å²) in [6.45, 7) is 0. The van der Waals surface area contributed by atoms with Gasteiger partial charge in [-0.05, 0) is 0 Å². The first-order valence-corrected chi connectivity index (χ1v) is 18.9. The number of hydrogen-bond donors (Lipinski definition) is 0. The van der Waals surface area contributed by atoms with Gasteiger partial charge in [0, 0.05) is 0 Å². The quantitative estimate of drug-likeness (QED) is 0.0856. The van der Waals surface area contributed by atoms with E-state index in [4.69, 9.17) is 48.3 Å². The van der Waals surface area contributed by atoms with Gasteiger partial charge in [-0.1, -0.05) is 0 Å². The third kappa shape index (κ3) is 9.63. The predicted octanol–water partition coefficient (Wildman–Crippen LogP) is 9.88. The molecular weight excluding hydrogens is 806 g/mol. The van der Waals surface area contributed by atoms with Crippen molar-refractivity contribution in [1.82, 2.24) is 0 Å². The third-order valence-electron chi connectivity index (χ3n) is 7.43. The zero-order valence-electron chi connectivity index (χ0n) is 28.0. The van der Waals surface area contributed by atoms with Crippen molar-refractivity contribution in [1.29, 1.82) is 0 Å². The molecular formula is C40H33Cl2IO8. The molecule has 0 atom stereocenters. The van der Waals surface area contributed by atoms with Crippen molar-refractivity contribution in [3.63, 3.8) is 0 Å². The molecule has 5 rings (SSSR count). The number of carbonyl (C=O) groups is 2. The predicted molar refractivity (Wildman–Crippen MR) is 207 cm³/mol. The number of ether oxygens (including phenoxy) is 4. The Morgan fingerprint density at radius 1 is 0.490 bits per heavy atom. The fourth-order valence-corrected chi connectivity index (χ4v) is 7.87. The number of benzene rings is 5. The summed E-state index contributed by atoms with van der Waals surface area (Å²) in [7, 11) is 6.15. The minimum absolute atomic E-state index is 0.479. The van der Waals surface area contributed by atoms with Crippen LogP contribution in [0.15, 0.2) is 127 Å². The Kier molecular flexibility index (Phi) is 13.0. The van der Waals surface area contributed by atoms with Crippen molar-refractivity contribution < 1.29 is 34.7 Å². The summed E-state index contributed by atoms with van der Waals surface area (Å²) < 4.78 is 34.5. The molecule has 5 aromatic rings. The van der Waals surface area contributed by atoms with Crippen molar-refractivity contribution in [3.05, 3.63) is 163 Å². The number of halogens is 3. The van der Waals surface area contributed by atoms with Gasteiger partial charge in [-0.15, -0.1) is 0 Å². The van der Waals surface area contributed by atoms with E-state index in [1.165, 1.54) is 26.4 Å². The molecule has 0 fully saturated rings. The molecule has 5 aromatic carbocycles. The van der Waals surface area contributed by atoms with E-state index in [0.717, 1.165) is 0 Å². The van der Waals surface area contributed by atoms with Crippen molar-refractivity contribution in [2.75, 3.05) is 28.4 Å². The van der Waals surface area contributed by atoms with E-state index in [-0.39, 0.29) is 0 Å². The van der Waals surface area contributed by atoms with Gasteiger partial charge in [0.15, 0.2) is 0 Å². The molecule has 0 aliphatic carbocycles. The van der Waals surface area contributed by atoms with E-state index in [1.807, 2.05) is 6.07 Å². The van der Waals surface area contributed by atoms with Crippen LogP contribution in [0.5, 0.6) is 23.0 Å². The Morgan fingerprint density at radius 2 is 0.863 bits per heavy atom. The van der Waals surface area contributed by atoms with Crippen LogP contribution in [0.3, 0.4) is 0 Å². The van der Waals surface area contributed by atoms with Crippen LogP contribution in [-0.2, 0) is 15.7 Å². The fraction of sp³-hybridized carbons (Fsp3) is 0.100. The zero-order chi connectivity index (χ0) is 36.3. The second-order valence-corrected chi connectivity index (χ2v) is 14.8.